The maximum Gasteiger partial charge on any atom is 0.243 e. The van der Waals surface area contributed by atoms with Gasteiger partial charge in [-0.3, -0.25) is 0 Å². The molecule has 0 saturated carbocycles. The normalized spacial score (nSPS) is 13.0. The largest absolute Gasteiger partial charge is 0.497 e. The van der Waals surface area contributed by atoms with Gasteiger partial charge in [-0.05, 0) is 43.9 Å². The van der Waals surface area contributed by atoms with E-state index in [4.69, 9.17) is 27.9 Å². The first-order valence-electron chi connectivity index (χ1n) is 7.50. The van der Waals surface area contributed by atoms with Crippen LogP contribution in [-0.4, -0.2) is 41.1 Å². The van der Waals surface area contributed by atoms with Crippen molar-refractivity contribution in [3.05, 3.63) is 58.1 Å². The lowest BCUT2D eigenvalue weighted by atomic mass is 10.1. The molecule has 25 heavy (non-hydrogen) atoms. The molecule has 0 aromatic heterocycles. The number of hydrogen-bond donors (Lipinski definition) is 1. The summed E-state index contributed by atoms with van der Waals surface area (Å²) in [5.74, 6) is 0.710. The first kappa shape index (κ1) is 20.0. The van der Waals surface area contributed by atoms with Gasteiger partial charge < -0.3 is 9.64 Å². The van der Waals surface area contributed by atoms with Gasteiger partial charge in [-0.15, -0.1) is 0 Å². The van der Waals surface area contributed by atoms with Crippen molar-refractivity contribution >= 4 is 33.2 Å². The summed E-state index contributed by atoms with van der Waals surface area (Å²) in [6.45, 7) is 0.157. The second-order valence-electron chi connectivity index (χ2n) is 5.66. The Morgan fingerprint density at radius 1 is 1.12 bits per heavy atom. The third-order valence-electron chi connectivity index (χ3n) is 3.76. The van der Waals surface area contributed by atoms with Gasteiger partial charge in [0.15, 0.2) is 0 Å². The van der Waals surface area contributed by atoms with E-state index < -0.39 is 10.0 Å². The van der Waals surface area contributed by atoms with Gasteiger partial charge in [0.25, 0.3) is 0 Å². The summed E-state index contributed by atoms with van der Waals surface area (Å²) in [5.41, 5.74) is 0.928. The first-order valence-corrected chi connectivity index (χ1v) is 9.74. The molecule has 0 fully saturated rings. The molecule has 1 unspecified atom stereocenters. The van der Waals surface area contributed by atoms with Crippen LogP contribution < -0.4 is 9.46 Å². The summed E-state index contributed by atoms with van der Waals surface area (Å²) in [6.07, 6.45) is 0. The third-order valence-corrected chi connectivity index (χ3v) is 6.13. The Labute approximate surface area is 158 Å². The fourth-order valence-electron chi connectivity index (χ4n) is 2.45. The van der Waals surface area contributed by atoms with E-state index in [0.717, 1.165) is 5.56 Å². The number of ether oxygens (including phenoxy) is 1. The number of methoxy groups -OCH3 is 1. The Morgan fingerprint density at radius 2 is 1.72 bits per heavy atom. The molecular formula is C17H20Cl2N2O3S. The highest BCUT2D eigenvalue weighted by Crippen LogP contribution is 2.29. The molecule has 1 N–H and O–H groups in total. The topological polar surface area (TPSA) is 58.6 Å². The molecular weight excluding hydrogens is 383 g/mol. The standard InChI is InChI=1S/C17H20Cl2N2O3S/c1-21(2)16(12-6-4-7-13(10-12)24-3)11-20-25(22,23)17-14(18)8-5-9-15(17)19/h4-10,16,20H,11H2,1-3H3. The van der Waals surface area contributed by atoms with Crippen LogP contribution in [0.15, 0.2) is 47.4 Å². The van der Waals surface area contributed by atoms with Gasteiger partial charge in [0.1, 0.15) is 10.6 Å². The number of hydrogen-bond acceptors (Lipinski definition) is 4. The first-order chi connectivity index (χ1) is 11.8. The van der Waals surface area contributed by atoms with Crippen LogP contribution in [0.5, 0.6) is 5.75 Å². The van der Waals surface area contributed by atoms with Crippen molar-refractivity contribution in [2.75, 3.05) is 27.7 Å². The lowest BCUT2D eigenvalue weighted by molar-refractivity contribution is 0.298. The zero-order valence-electron chi connectivity index (χ0n) is 14.2. The van der Waals surface area contributed by atoms with Gasteiger partial charge in [-0.1, -0.05) is 41.4 Å². The average molecular weight is 403 g/mol. The molecule has 2 aromatic rings. The molecule has 0 amide bonds. The van der Waals surface area contributed by atoms with Crippen molar-refractivity contribution in [1.29, 1.82) is 0 Å². The number of likely N-dealkylation sites (N-methyl/N-ethyl adjacent to an activating group) is 1. The number of nitrogens with zero attached hydrogens (tertiary/aromatic N) is 1. The predicted octanol–water partition coefficient (Wildman–Crippen LogP) is 3.58. The van der Waals surface area contributed by atoms with E-state index in [1.165, 1.54) is 12.1 Å². The van der Waals surface area contributed by atoms with Gasteiger partial charge >= 0.3 is 0 Å². The minimum atomic E-state index is -3.85. The summed E-state index contributed by atoms with van der Waals surface area (Å²) >= 11 is 12.0. The van der Waals surface area contributed by atoms with Crippen molar-refractivity contribution < 1.29 is 13.2 Å². The van der Waals surface area contributed by atoms with Crippen molar-refractivity contribution in [2.24, 2.45) is 0 Å². The lowest BCUT2D eigenvalue weighted by Crippen LogP contribution is -2.34. The van der Waals surface area contributed by atoms with Gasteiger partial charge in [0, 0.05) is 12.6 Å². The average Bonchev–Trinajstić information content (AvgIpc) is 2.54. The van der Waals surface area contributed by atoms with E-state index in [9.17, 15) is 8.42 Å². The molecule has 0 aliphatic carbocycles. The third kappa shape index (κ3) is 4.86. The van der Waals surface area contributed by atoms with Crippen molar-refractivity contribution in [2.45, 2.75) is 10.9 Å². The van der Waals surface area contributed by atoms with Crippen molar-refractivity contribution in [3.63, 3.8) is 0 Å². The van der Waals surface area contributed by atoms with E-state index in [0.29, 0.717) is 5.75 Å². The van der Waals surface area contributed by atoms with Crippen LogP contribution in [-0.2, 0) is 10.0 Å². The zero-order chi connectivity index (χ0) is 18.6. The molecule has 0 radical (unpaired) electrons. The number of nitrogens with one attached hydrogen (secondary N) is 1. The molecule has 1 atom stereocenters. The highest BCUT2D eigenvalue weighted by atomic mass is 35.5. The fraction of sp³-hybridized carbons (Fsp3) is 0.294. The van der Waals surface area contributed by atoms with Crippen LogP contribution in [0, 0.1) is 0 Å². The van der Waals surface area contributed by atoms with Crippen LogP contribution in [0.3, 0.4) is 0 Å². The molecule has 0 spiro atoms. The van der Waals surface area contributed by atoms with E-state index >= 15 is 0 Å². The Kier molecular flexibility index (Phi) is 6.71. The zero-order valence-corrected chi connectivity index (χ0v) is 16.5. The Balaban J connectivity index is 2.26. The number of benzene rings is 2. The van der Waals surface area contributed by atoms with Crippen LogP contribution in [0.25, 0.3) is 0 Å². The molecule has 5 nitrogen and oxygen atoms in total. The van der Waals surface area contributed by atoms with Crippen molar-refractivity contribution in [3.8, 4) is 5.75 Å². The summed E-state index contributed by atoms with van der Waals surface area (Å²) in [6, 6.07) is 11.9. The lowest BCUT2D eigenvalue weighted by Gasteiger charge is -2.25. The molecule has 0 aliphatic rings. The second kappa shape index (κ2) is 8.38. The Morgan fingerprint density at radius 3 is 2.28 bits per heavy atom. The summed E-state index contributed by atoms with van der Waals surface area (Å²) in [5, 5.41) is 0.172. The van der Waals surface area contributed by atoms with Crippen LogP contribution in [0.1, 0.15) is 11.6 Å². The number of rotatable bonds is 7. The number of halogens is 2. The molecule has 2 aromatic carbocycles. The maximum atomic E-state index is 12.6. The van der Waals surface area contributed by atoms with Crippen molar-refractivity contribution in [1.82, 2.24) is 9.62 Å². The minimum absolute atomic E-state index is 0.0859. The van der Waals surface area contributed by atoms with Gasteiger partial charge in [-0.2, -0.15) is 0 Å². The smallest absolute Gasteiger partial charge is 0.243 e. The Bertz CT molecular complexity index is 821. The molecule has 0 saturated heterocycles. The minimum Gasteiger partial charge on any atom is -0.497 e. The van der Waals surface area contributed by atoms with E-state index in [-0.39, 0.29) is 27.5 Å². The van der Waals surface area contributed by atoms with Crippen LogP contribution >= 0.6 is 23.2 Å². The number of sulfonamides is 1. The molecule has 2 rings (SSSR count). The molecule has 0 aliphatic heterocycles. The van der Waals surface area contributed by atoms with Gasteiger partial charge in [0.2, 0.25) is 10.0 Å². The van der Waals surface area contributed by atoms with Gasteiger partial charge in [0.05, 0.1) is 17.2 Å². The van der Waals surface area contributed by atoms with Crippen LogP contribution in [0.4, 0.5) is 0 Å². The molecule has 8 heteroatoms. The SMILES string of the molecule is COc1cccc(C(CNS(=O)(=O)c2c(Cl)cccc2Cl)N(C)C)c1. The van der Waals surface area contributed by atoms with Crippen LogP contribution in [0.2, 0.25) is 10.0 Å². The predicted molar refractivity (Wildman–Crippen MR) is 101 cm³/mol. The maximum absolute atomic E-state index is 12.6. The quantitative estimate of drug-likeness (QED) is 0.768. The van der Waals surface area contributed by atoms with E-state index in [1.807, 2.05) is 43.3 Å². The molecule has 0 bridgehead atoms. The van der Waals surface area contributed by atoms with E-state index in [1.54, 1.807) is 13.2 Å². The fourth-order valence-corrected chi connectivity index (χ4v) is 4.63. The second-order valence-corrected chi connectivity index (χ2v) is 8.18. The monoisotopic (exact) mass is 402 g/mol. The summed E-state index contributed by atoms with van der Waals surface area (Å²) in [4.78, 5) is 1.81. The highest BCUT2D eigenvalue weighted by Gasteiger charge is 2.24. The van der Waals surface area contributed by atoms with Gasteiger partial charge in [-0.25, -0.2) is 13.1 Å². The summed E-state index contributed by atoms with van der Waals surface area (Å²) < 4.78 is 33.1. The molecule has 0 heterocycles. The highest BCUT2D eigenvalue weighted by molar-refractivity contribution is 7.89. The van der Waals surface area contributed by atoms with E-state index in [2.05, 4.69) is 4.72 Å². The molecule has 136 valence electrons. The Hall–Kier alpha value is -1.31. The summed E-state index contributed by atoms with van der Waals surface area (Å²) in [7, 11) is 1.50.